The predicted octanol–water partition coefficient (Wildman–Crippen LogP) is 1.99. The second-order valence-electron chi connectivity index (χ2n) is 3.21. The van der Waals surface area contributed by atoms with Crippen LogP contribution in [0.15, 0.2) is 12.1 Å². The van der Waals surface area contributed by atoms with Gasteiger partial charge < -0.3 is 9.47 Å². The van der Waals surface area contributed by atoms with Crippen LogP contribution < -0.4 is 4.74 Å². The van der Waals surface area contributed by atoms with Crippen molar-refractivity contribution >= 4 is 12.3 Å². The van der Waals surface area contributed by atoms with E-state index in [0.717, 1.165) is 5.56 Å². The SMILES string of the molecule is CCOC(=O)c1c(OC)ccc(C)c1C=O. The van der Waals surface area contributed by atoms with E-state index in [1.54, 1.807) is 26.0 Å². The second-order valence-corrected chi connectivity index (χ2v) is 3.21. The molecule has 0 aliphatic heterocycles. The number of aldehydes is 1. The molecule has 4 nitrogen and oxygen atoms in total. The molecule has 0 fully saturated rings. The summed E-state index contributed by atoms with van der Waals surface area (Å²) in [5.41, 5.74) is 1.23. The van der Waals surface area contributed by atoms with Gasteiger partial charge in [0.05, 0.1) is 13.7 Å². The van der Waals surface area contributed by atoms with Gasteiger partial charge in [-0.1, -0.05) is 6.07 Å². The Morgan fingerprint density at radius 3 is 2.62 bits per heavy atom. The summed E-state index contributed by atoms with van der Waals surface area (Å²) in [6.07, 6.45) is 0.643. The smallest absolute Gasteiger partial charge is 0.342 e. The Balaban J connectivity index is 3.35. The molecule has 0 amide bonds. The highest BCUT2D eigenvalue weighted by Gasteiger charge is 2.19. The van der Waals surface area contributed by atoms with Gasteiger partial charge in [0, 0.05) is 5.56 Å². The van der Waals surface area contributed by atoms with E-state index >= 15 is 0 Å². The van der Waals surface area contributed by atoms with Gasteiger partial charge in [-0.2, -0.15) is 0 Å². The molecule has 16 heavy (non-hydrogen) atoms. The van der Waals surface area contributed by atoms with Gasteiger partial charge in [0.25, 0.3) is 0 Å². The van der Waals surface area contributed by atoms with Gasteiger partial charge in [-0.3, -0.25) is 4.79 Å². The van der Waals surface area contributed by atoms with E-state index in [-0.39, 0.29) is 12.2 Å². The molecule has 0 bridgehead atoms. The monoisotopic (exact) mass is 222 g/mol. The highest BCUT2D eigenvalue weighted by atomic mass is 16.5. The van der Waals surface area contributed by atoms with Crippen LogP contribution in [0.4, 0.5) is 0 Å². The molecular formula is C12H14O4. The lowest BCUT2D eigenvalue weighted by atomic mass is 10.0. The van der Waals surface area contributed by atoms with Crippen LogP contribution in [0, 0.1) is 6.92 Å². The lowest BCUT2D eigenvalue weighted by Gasteiger charge is -2.11. The highest BCUT2D eigenvalue weighted by molar-refractivity contribution is 6.01. The third-order valence-corrected chi connectivity index (χ3v) is 2.24. The second kappa shape index (κ2) is 5.30. The van der Waals surface area contributed by atoms with Crippen LogP contribution in [0.25, 0.3) is 0 Å². The molecule has 86 valence electrons. The van der Waals surface area contributed by atoms with Crippen molar-refractivity contribution in [3.63, 3.8) is 0 Å². The fourth-order valence-electron chi connectivity index (χ4n) is 1.44. The number of carbonyl (C=O) groups excluding carboxylic acids is 2. The maximum absolute atomic E-state index is 11.7. The Morgan fingerprint density at radius 2 is 2.12 bits per heavy atom. The first kappa shape index (κ1) is 12.2. The van der Waals surface area contributed by atoms with Crippen LogP contribution in [0.1, 0.15) is 33.2 Å². The first-order valence-electron chi connectivity index (χ1n) is 4.95. The molecule has 0 aromatic heterocycles. The number of esters is 1. The Labute approximate surface area is 94.2 Å². The number of benzene rings is 1. The fourth-order valence-corrected chi connectivity index (χ4v) is 1.44. The van der Waals surface area contributed by atoms with Crippen molar-refractivity contribution < 1.29 is 19.1 Å². The van der Waals surface area contributed by atoms with E-state index in [1.807, 2.05) is 0 Å². The van der Waals surface area contributed by atoms with Gasteiger partial charge in [-0.25, -0.2) is 4.79 Å². The van der Waals surface area contributed by atoms with Crippen molar-refractivity contribution in [2.45, 2.75) is 13.8 Å². The van der Waals surface area contributed by atoms with Crippen LogP contribution >= 0.6 is 0 Å². The highest BCUT2D eigenvalue weighted by Crippen LogP contribution is 2.25. The standard InChI is InChI=1S/C12H14O4/c1-4-16-12(14)11-9(7-13)8(2)5-6-10(11)15-3/h5-7H,4H2,1-3H3. The van der Waals surface area contributed by atoms with E-state index in [1.165, 1.54) is 7.11 Å². The lowest BCUT2D eigenvalue weighted by molar-refractivity contribution is 0.0520. The van der Waals surface area contributed by atoms with Gasteiger partial charge in [-0.05, 0) is 25.5 Å². The average molecular weight is 222 g/mol. The molecule has 0 unspecified atom stereocenters. The summed E-state index contributed by atoms with van der Waals surface area (Å²) in [7, 11) is 1.45. The fraction of sp³-hybridized carbons (Fsp3) is 0.333. The largest absolute Gasteiger partial charge is 0.496 e. The maximum Gasteiger partial charge on any atom is 0.342 e. The van der Waals surface area contributed by atoms with Crippen molar-refractivity contribution in [3.8, 4) is 5.75 Å². The van der Waals surface area contributed by atoms with Gasteiger partial charge in [-0.15, -0.1) is 0 Å². The van der Waals surface area contributed by atoms with E-state index in [4.69, 9.17) is 9.47 Å². The van der Waals surface area contributed by atoms with Crippen LogP contribution in [-0.2, 0) is 4.74 Å². The van der Waals surface area contributed by atoms with Gasteiger partial charge >= 0.3 is 5.97 Å². The molecule has 4 heteroatoms. The van der Waals surface area contributed by atoms with Crippen LogP contribution in [-0.4, -0.2) is 26.0 Å². The molecule has 0 saturated heterocycles. The molecule has 0 aliphatic carbocycles. The minimum atomic E-state index is -0.537. The van der Waals surface area contributed by atoms with Crippen molar-refractivity contribution in [2.24, 2.45) is 0 Å². The molecule has 1 aromatic carbocycles. The summed E-state index contributed by atoms with van der Waals surface area (Å²) < 4.78 is 9.94. The quantitative estimate of drug-likeness (QED) is 0.577. The lowest BCUT2D eigenvalue weighted by Crippen LogP contribution is -2.11. The molecule has 0 heterocycles. The summed E-state index contributed by atoms with van der Waals surface area (Å²) in [6, 6.07) is 3.37. The van der Waals surface area contributed by atoms with E-state index in [2.05, 4.69) is 0 Å². The maximum atomic E-state index is 11.7. The van der Waals surface area contributed by atoms with Gasteiger partial charge in [0.1, 0.15) is 11.3 Å². The first-order chi connectivity index (χ1) is 7.65. The summed E-state index contributed by atoms with van der Waals surface area (Å²) in [5, 5.41) is 0. The summed E-state index contributed by atoms with van der Waals surface area (Å²) in [4.78, 5) is 22.7. The summed E-state index contributed by atoms with van der Waals surface area (Å²) in [5.74, 6) is -0.184. The van der Waals surface area contributed by atoms with Gasteiger partial charge in [0.15, 0.2) is 6.29 Å². The third kappa shape index (κ3) is 2.21. The molecule has 1 aromatic rings. The topological polar surface area (TPSA) is 52.6 Å². The van der Waals surface area contributed by atoms with Crippen LogP contribution in [0.3, 0.4) is 0 Å². The molecule has 0 aliphatic rings. The minimum absolute atomic E-state index is 0.194. The van der Waals surface area contributed by atoms with Crippen molar-refractivity contribution in [1.82, 2.24) is 0 Å². The number of methoxy groups -OCH3 is 1. The number of aryl methyl sites for hydroxylation is 1. The first-order valence-corrected chi connectivity index (χ1v) is 4.95. The molecule has 0 saturated carbocycles. The number of rotatable bonds is 4. The van der Waals surface area contributed by atoms with Crippen molar-refractivity contribution in [2.75, 3.05) is 13.7 Å². The van der Waals surface area contributed by atoms with Crippen LogP contribution in [0.5, 0.6) is 5.75 Å². The van der Waals surface area contributed by atoms with Crippen molar-refractivity contribution in [1.29, 1.82) is 0 Å². The Morgan fingerprint density at radius 1 is 1.44 bits per heavy atom. The Kier molecular flexibility index (Phi) is 4.05. The van der Waals surface area contributed by atoms with E-state index in [0.29, 0.717) is 17.6 Å². The predicted molar refractivity (Wildman–Crippen MR) is 59.1 cm³/mol. The molecule has 0 spiro atoms. The summed E-state index contributed by atoms with van der Waals surface area (Å²) >= 11 is 0. The minimum Gasteiger partial charge on any atom is -0.496 e. The molecular weight excluding hydrogens is 208 g/mol. The third-order valence-electron chi connectivity index (χ3n) is 2.24. The molecule has 0 atom stereocenters. The van der Waals surface area contributed by atoms with E-state index in [9.17, 15) is 9.59 Å². The normalized spacial score (nSPS) is 9.69. The molecule has 0 N–H and O–H groups in total. The number of hydrogen-bond acceptors (Lipinski definition) is 4. The summed E-state index contributed by atoms with van der Waals surface area (Å²) in [6.45, 7) is 3.72. The zero-order valence-electron chi connectivity index (χ0n) is 9.57. The number of carbonyl (C=O) groups is 2. The van der Waals surface area contributed by atoms with Gasteiger partial charge in [0.2, 0.25) is 0 Å². The Hall–Kier alpha value is -1.84. The number of hydrogen-bond donors (Lipinski definition) is 0. The Bertz CT molecular complexity index is 410. The zero-order valence-corrected chi connectivity index (χ0v) is 9.57. The van der Waals surface area contributed by atoms with Crippen LogP contribution in [0.2, 0.25) is 0 Å². The van der Waals surface area contributed by atoms with E-state index < -0.39 is 5.97 Å². The van der Waals surface area contributed by atoms with Crippen molar-refractivity contribution in [3.05, 3.63) is 28.8 Å². The zero-order chi connectivity index (χ0) is 12.1. The molecule has 1 rings (SSSR count). The number of ether oxygens (including phenoxy) is 2. The average Bonchev–Trinajstić information content (AvgIpc) is 2.28. The molecule has 0 radical (unpaired) electrons.